The molecule has 1 amide bonds. The summed E-state index contributed by atoms with van der Waals surface area (Å²) in [6.45, 7) is 1.10. The van der Waals surface area contributed by atoms with Crippen LogP contribution in [-0.2, 0) is 9.53 Å². The van der Waals surface area contributed by atoms with Gasteiger partial charge in [-0.1, -0.05) is 11.6 Å². The minimum Gasteiger partial charge on any atom is -0.383 e. The number of amides is 1. The van der Waals surface area contributed by atoms with E-state index in [0.29, 0.717) is 24.0 Å². The number of carbonyl (C=O) groups excluding carboxylic acids is 1. The Morgan fingerprint density at radius 3 is 3.06 bits per heavy atom. The second-order valence-corrected chi connectivity index (χ2v) is 4.50. The fourth-order valence-electron chi connectivity index (χ4n) is 1.06. The molecule has 0 aliphatic heterocycles. The summed E-state index contributed by atoms with van der Waals surface area (Å²) in [6.07, 6.45) is 1.61. The molecule has 17 heavy (non-hydrogen) atoms. The van der Waals surface area contributed by atoms with Crippen molar-refractivity contribution in [1.82, 2.24) is 10.3 Å². The number of pyridine rings is 1. The normalized spacial score (nSPS) is 10.1. The fourth-order valence-corrected chi connectivity index (χ4v) is 1.76. The first-order valence-corrected chi connectivity index (χ1v) is 6.11. The molecule has 0 spiro atoms. The molecule has 94 valence electrons. The van der Waals surface area contributed by atoms with Crippen molar-refractivity contribution in [3.63, 3.8) is 0 Å². The lowest BCUT2D eigenvalue weighted by Crippen LogP contribution is -2.32. The number of nitrogens with one attached hydrogen (secondary N) is 2. The van der Waals surface area contributed by atoms with E-state index in [1.54, 1.807) is 19.4 Å². The first-order chi connectivity index (χ1) is 8.13. The third kappa shape index (κ3) is 5.34. The average molecular weight is 323 g/mol. The number of aromatic nitrogens is 1. The Labute approximate surface area is 113 Å². The van der Waals surface area contributed by atoms with Crippen LogP contribution in [0, 0.1) is 0 Å². The van der Waals surface area contributed by atoms with E-state index in [2.05, 4.69) is 31.5 Å². The highest BCUT2D eigenvalue weighted by Gasteiger charge is 2.05. The molecule has 0 saturated carbocycles. The summed E-state index contributed by atoms with van der Waals surface area (Å²) >= 11 is 9.18. The van der Waals surface area contributed by atoms with Crippen LogP contribution in [0.4, 0.5) is 5.82 Å². The number of ether oxygens (including phenoxy) is 1. The first kappa shape index (κ1) is 14.2. The van der Waals surface area contributed by atoms with Crippen LogP contribution in [-0.4, -0.2) is 37.7 Å². The second-order valence-electron chi connectivity index (χ2n) is 3.18. The van der Waals surface area contributed by atoms with E-state index in [9.17, 15) is 4.79 Å². The van der Waals surface area contributed by atoms with Gasteiger partial charge < -0.3 is 15.4 Å². The summed E-state index contributed by atoms with van der Waals surface area (Å²) in [6, 6.07) is 1.71. The van der Waals surface area contributed by atoms with Gasteiger partial charge in [-0.2, -0.15) is 0 Å². The number of hydrogen-bond acceptors (Lipinski definition) is 4. The average Bonchev–Trinajstić information content (AvgIpc) is 2.28. The van der Waals surface area contributed by atoms with E-state index in [1.807, 2.05) is 0 Å². The standard InChI is InChI=1S/C10H13BrClN3O2/c1-17-3-2-13-9(16)6-15-10-8(12)4-7(11)5-14-10/h4-5H,2-3,6H2,1H3,(H,13,16)(H,14,15). The van der Waals surface area contributed by atoms with Crippen molar-refractivity contribution in [3.8, 4) is 0 Å². The SMILES string of the molecule is COCCNC(=O)CNc1ncc(Br)cc1Cl. The van der Waals surface area contributed by atoms with E-state index in [-0.39, 0.29) is 12.5 Å². The molecular weight excluding hydrogens is 309 g/mol. The van der Waals surface area contributed by atoms with Gasteiger partial charge in [0, 0.05) is 24.3 Å². The molecule has 7 heteroatoms. The Bertz CT molecular complexity index is 390. The molecule has 0 bridgehead atoms. The maximum absolute atomic E-state index is 11.4. The molecular formula is C10H13BrClN3O2. The van der Waals surface area contributed by atoms with Gasteiger partial charge in [-0.05, 0) is 22.0 Å². The van der Waals surface area contributed by atoms with Crippen molar-refractivity contribution in [2.75, 3.05) is 32.1 Å². The third-order valence-electron chi connectivity index (χ3n) is 1.85. The second kappa shape index (κ2) is 7.47. The summed E-state index contributed by atoms with van der Waals surface area (Å²) in [5, 5.41) is 5.99. The van der Waals surface area contributed by atoms with Crippen molar-refractivity contribution in [3.05, 3.63) is 21.8 Å². The molecule has 2 N–H and O–H groups in total. The molecule has 1 aromatic heterocycles. The van der Waals surface area contributed by atoms with E-state index < -0.39 is 0 Å². The number of nitrogens with zero attached hydrogens (tertiary/aromatic N) is 1. The predicted molar refractivity (Wildman–Crippen MR) is 70.3 cm³/mol. The summed E-state index contributed by atoms with van der Waals surface area (Å²) < 4.78 is 5.60. The Morgan fingerprint density at radius 2 is 2.41 bits per heavy atom. The van der Waals surface area contributed by atoms with E-state index in [1.165, 1.54) is 0 Å². The number of carbonyl (C=O) groups is 1. The van der Waals surface area contributed by atoms with Crippen LogP contribution in [0.3, 0.4) is 0 Å². The number of anilines is 1. The lowest BCUT2D eigenvalue weighted by atomic mass is 10.4. The topological polar surface area (TPSA) is 63.2 Å². The zero-order valence-electron chi connectivity index (χ0n) is 9.30. The summed E-state index contributed by atoms with van der Waals surface area (Å²) in [7, 11) is 1.58. The van der Waals surface area contributed by atoms with Gasteiger partial charge in [0.15, 0.2) is 0 Å². The van der Waals surface area contributed by atoms with Gasteiger partial charge in [0.1, 0.15) is 5.82 Å². The van der Waals surface area contributed by atoms with Gasteiger partial charge in [0.2, 0.25) is 5.91 Å². The quantitative estimate of drug-likeness (QED) is 0.782. The molecule has 0 radical (unpaired) electrons. The fraction of sp³-hybridized carbons (Fsp3) is 0.400. The number of hydrogen-bond donors (Lipinski definition) is 2. The Morgan fingerprint density at radius 1 is 1.65 bits per heavy atom. The molecule has 1 rings (SSSR count). The van der Waals surface area contributed by atoms with E-state index in [4.69, 9.17) is 16.3 Å². The number of methoxy groups -OCH3 is 1. The maximum Gasteiger partial charge on any atom is 0.239 e. The molecule has 0 atom stereocenters. The highest BCUT2D eigenvalue weighted by molar-refractivity contribution is 9.10. The highest BCUT2D eigenvalue weighted by Crippen LogP contribution is 2.22. The predicted octanol–water partition coefficient (Wildman–Crippen LogP) is 1.67. The van der Waals surface area contributed by atoms with Crippen LogP contribution in [0.5, 0.6) is 0 Å². The molecule has 0 aromatic carbocycles. The van der Waals surface area contributed by atoms with Crippen molar-refractivity contribution in [2.24, 2.45) is 0 Å². The summed E-state index contributed by atoms with van der Waals surface area (Å²) in [5.41, 5.74) is 0. The molecule has 5 nitrogen and oxygen atoms in total. The van der Waals surface area contributed by atoms with Gasteiger partial charge in [-0.3, -0.25) is 4.79 Å². The van der Waals surface area contributed by atoms with Crippen molar-refractivity contribution in [1.29, 1.82) is 0 Å². The van der Waals surface area contributed by atoms with Crippen LogP contribution in [0.25, 0.3) is 0 Å². The molecule has 1 heterocycles. The van der Waals surface area contributed by atoms with E-state index in [0.717, 1.165) is 4.47 Å². The van der Waals surface area contributed by atoms with Crippen LogP contribution in [0.2, 0.25) is 5.02 Å². The monoisotopic (exact) mass is 321 g/mol. The Hall–Kier alpha value is -0.850. The van der Waals surface area contributed by atoms with Gasteiger partial charge in [-0.15, -0.1) is 0 Å². The van der Waals surface area contributed by atoms with Gasteiger partial charge in [0.25, 0.3) is 0 Å². The van der Waals surface area contributed by atoms with Gasteiger partial charge in [-0.25, -0.2) is 4.98 Å². The van der Waals surface area contributed by atoms with Gasteiger partial charge >= 0.3 is 0 Å². The highest BCUT2D eigenvalue weighted by atomic mass is 79.9. The maximum atomic E-state index is 11.4. The Kier molecular flexibility index (Phi) is 6.25. The zero-order chi connectivity index (χ0) is 12.7. The summed E-state index contributed by atoms with van der Waals surface area (Å²) in [4.78, 5) is 15.4. The van der Waals surface area contributed by atoms with Crippen molar-refractivity contribution < 1.29 is 9.53 Å². The first-order valence-electron chi connectivity index (χ1n) is 4.94. The lowest BCUT2D eigenvalue weighted by molar-refractivity contribution is -0.119. The van der Waals surface area contributed by atoms with Crippen LogP contribution in [0.15, 0.2) is 16.7 Å². The third-order valence-corrected chi connectivity index (χ3v) is 2.57. The largest absolute Gasteiger partial charge is 0.383 e. The molecule has 1 aromatic rings. The van der Waals surface area contributed by atoms with Crippen molar-refractivity contribution >= 4 is 39.3 Å². The van der Waals surface area contributed by atoms with Crippen LogP contribution < -0.4 is 10.6 Å². The molecule has 0 unspecified atom stereocenters. The van der Waals surface area contributed by atoms with Crippen molar-refractivity contribution in [2.45, 2.75) is 0 Å². The molecule has 0 aliphatic carbocycles. The number of rotatable bonds is 6. The van der Waals surface area contributed by atoms with Gasteiger partial charge in [0.05, 0.1) is 18.2 Å². The minimum absolute atomic E-state index is 0.123. The Balaban J connectivity index is 2.37. The molecule has 0 fully saturated rings. The number of halogens is 2. The zero-order valence-corrected chi connectivity index (χ0v) is 11.6. The smallest absolute Gasteiger partial charge is 0.239 e. The molecule has 0 aliphatic rings. The van der Waals surface area contributed by atoms with Crippen LogP contribution in [0.1, 0.15) is 0 Å². The minimum atomic E-state index is -0.136. The van der Waals surface area contributed by atoms with E-state index >= 15 is 0 Å². The van der Waals surface area contributed by atoms with Crippen LogP contribution >= 0.6 is 27.5 Å². The molecule has 0 saturated heterocycles. The lowest BCUT2D eigenvalue weighted by Gasteiger charge is -2.08. The summed E-state index contributed by atoms with van der Waals surface area (Å²) in [5.74, 6) is 0.347.